The first-order valence-corrected chi connectivity index (χ1v) is 7.20. The van der Waals surface area contributed by atoms with E-state index < -0.39 is 0 Å². The van der Waals surface area contributed by atoms with Crippen LogP contribution in [0.2, 0.25) is 0 Å². The van der Waals surface area contributed by atoms with Crippen molar-refractivity contribution in [1.82, 2.24) is 0 Å². The van der Waals surface area contributed by atoms with E-state index in [9.17, 15) is 0 Å². The fourth-order valence-electron chi connectivity index (χ4n) is 0. The molecule has 0 aromatic rings. The van der Waals surface area contributed by atoms with E-state index >= 15 is 0 Å². The molecular formula is C2H2SVW-2. The van der Waals surface area contributed by atoms with Gasteiger partial charge in [-0.3, -0.25) is 0 Å². The summed E-state index contributed by atoms with van der Waals surface area (Å²) >= 11 is 7.96. The van der Waals surface area contributed by atoms with Gasteiger partial charge in [0.05, 0.1) is 0 Å². The van der Waals surface area contributed by atoms with Crippen molar-refractivity contribution in [3.05, 3.63) is 12.0 Å². The van der Waals surface area contributed by atoms with Crippen LogP contribution in [-0.4, -0.2) is 0 Å². The summed E-state index contributed by atoms with van der Waals surface area (Å²) in [6, 6.07) is 0. The molecule has 0 atom stereocenters. The van der Waals surface area contributed by atoms with Crippen LogP contribution >= 0.6 is 0 Å². The Morgan fingerprint density at radius 1 is 1.80 bits per heavy atom. The Balaban J connectivity index is 0. The Labute approximate surface area is 55.2 Å². The zero-order valence-corrected chi connectivity index (χ0v) is 7.57. The van der Waals surface area contributed by atoms with Crippen LogP contribution in [0.3, 0.4) is 0 Å². The van der Waals surface area contributed by atoms with Gasteiger partial charge in [-0.25, -0.2) is 0 Å². The summed E-state index contributed by atoms with van der Waals surface area (Å²) in [7, 11) is 0. The van der Waals surface area contributed by atoms with Crippen LogP contribution in [0.15, 0.2) is 5.41 Å². The second kappa shape index (κ2) is 18.8. The Morgan fingerprint density at radius 3 is 1.80 bits per heavy atom. The normalized spacial score (nSPS) is 3.00. The van der Waals surface area contributed by atoms with Gasteiger partial charge in [0.1, 0.15) is 0 Å². The van der Waals surface area contributed by atoms with E-state index in [4.69, 9.17) is 0 Å². The molecule has 0 heterocycles. The summed E-state index contributed by atoms with van der Waals surface area (Å²) in [5.41, 5.74) is 0. The summed E-state index contributed by atoms with van der Waals surface area (Å²) in [6.45, 7) is 4.54. The molecule has 0 saturated carbocycles. The molecule has 0 aliphatic rings. The second-order valence-electron chi connectivity index (χ2n) is 0.136. The zero-order valence-electron chi connectivity index (χ0n) is 2.42. The number of rotatable bonds is 0. The van der Waals surface area contributed by atoms with Crippen LogP contribution in [0, 0.1) is 6.58 Å². The quantitative estimate of drug-likeness (QED) is 0.462. The van der Waals surface area contributed by atoms with E-state index in [1.165, 1.54) is 16.8 Å². The molecule has 0 nitrogen and oxygen atoms in total. The maximum absolute atomic E-state index is 4.54. The SMILES string of the molecule is [CH-]=C[S-].[V]=[W]. The average Bonchev–Trinajstić information content (AvgIpc) is 1.46. The molecule has 0 saturated heterocycles. The summed E-state index contributed by atoms with van der Waals surface area (Å²) in [5, 5.41) is 1.08. The summed E-state index contributed by atoms with van der Waals surface area (Å²) in [6.07, 6.45) is 0. The summed E-state index contributed by atoms with van der Waals surface area (Å²) < 4.78 is 0. The van der Waals surface area contributed by atoms with Crippen molar-refractivity contribution in [2.24, 2.45) is 0 Å². The van der Waals surface area contributed by atoms with Crippen LogP contribution in [0.1, 0.15) is 0 Å². The average molecular weight is 293 g/mol. The van der Waals surface area contributed by atoms with Gasteiger partial charge in [-0.05, 0) is 0 Å². The number of hydrogen-bond donors (Lipinski definition) is 0. The van der Waals surface area contributed by atoms with Gasteiger partial charge < -0.3 is 24.6 Å². The van der Waals surface area contributed by atoms with Crippen molar-refractivity contribution in [1.29, 1.82) is 0 Å². The van der Waals surface area contributed by atoms with Gasteiger partial charge in [-0.1, -0.05) is 0 Å². The molecule has 0 N–H and O–H groups in total. The molecule has 29 valence electrons. The van der Waals surface area contributed by atoms with Gasteiger partial charge in [0.15, 0.2) is 0 Å². The predicted molar refractivity (Wildman–Crippen MR) is 16.2 cm³/mol. The molecule has 0 aromatic carbocycles. The Morgan fingerprint density at radius 2 is 1.80 bits per heavy atom. The Bertz CT molecular complexity index is 23.6. The molecule has 0 bridgehead atoms. The van der Waals surface area contributed by atoms with Crippen LogP contribution in [0.25, 0.3) is 0 Å². The minimum atomic E-state index is 1.08. The van der Waals surface area contributed by atoms with Crippen molar-refractivity contribution in [3.8, 4) is 0 Å². The topological polar surface area (TPSA) is 0 Å². The minimum absolute atomic E-state index is 1.08. The third-order valence-corrected chi connectivity index (χ3v) is 0. The third-order valence-electron chi connectivity index (χ3n) is 0. The van der Waals surface area contributed by atoms with Gasteiger partial charge in [0.2, 0.25) is 0 Å². The molecule has 3 heteroatoms. The molecule has 0 spiro atoms. The van der Waals surface area contributed by atoms with Gasteiger partial charge in [-0.2, -0.15) is 0 Å². The molecule has 0 unspecified atom stereocenters. The fraction of sp³-hybridized carbons (Fsp3) is 0. The first-order valence-electron chi connectivity index (χ1n) is 0.752. The molecule has 0 radical (unpaired) electrons. The molecule has 0 aliphatic carbocycles. The third kappa shape index (κ3) is 36.0. The monoisotopic (exact) mass is 293 g/mol. The summed E-state index contributed by atoms with van der Waals surface area (Å²) in [4.78, 5) is 0. The molecule has 5 heavy (non-hydrogen) atoms. The van der Waals surface area contributed by atoms with E-state index in [0.29, 0.717) is 0 Å². The first kappa shape index (κ1) is 9.53. The van der Waals surface area contributed by atoms with Crippen molar-refractivity contribution < 1.29 is 30.9 Å². The number of hydrogen-bond acceptors (Lipinski definition) is 1. The molecule has 0 fully saturated rings. The summed E-state index contributed by atoms with van der Waals surface area (Å²) in [5.74, 6) is 0. The zero-order chi connectivity index (χ0) is 4.71. The van der Waals surface area contributed by atoms with Crippen molar-refractivity contribution in [2.75, 3.05) is 0 Å². The van der Waals surface area contributed by atoms with Crippen molar-refractivity contribution in [3.63, 3.8) is 0 Å². The molecular weight excluding hydrogens is 291 g/mol. The first-order chi connectivity index (χ1) is 2.41. The Kier molecular flexibility index (Phi) is 35.8. The molecule has 0 amide bonds. The van der Waals surface area contributed by atoms with Gasteiger partial charge in [0, 0.05) is 0 Å². The maximum atomic E-state index is 4.54. The Hall–Kier alpha value is 1.23. The van der Waals surface area contributed by atoms with E-state index in [-0.39, 0.29) is 0 Å². The van der Waals surface area contributed by atoms with Crippen LogP contribution in [0.4, 0.5) is 0 Å². The van der Waals surface area contributed by atoms with E-state index in [2.05, 4.69) is 33.3 Å². The van der Waals surface area contributed by atoms with Crippen LogP contribution in [-0.2, 0) is 43.5 Å². The predicted octanol–water partition coefficient (Wildman–Crippen LogP) is 0.475. The van der Waals surface area contributed by atoms with E-state index in [0.717, 1.165) is 5.41 Å². The van der Waals surface area contributed by atoms with E-state index in [1.54, 1.807) is 0 Å². The molecule has 0 aromatic heterocycles. The molecule has 0 rings (SSSR count). The van der Waals surface area contributed by atoms with Crippen LogP contribution in [0.5, 0.6) is 0 Å². The standard InChI is InChI=1S/C2H3S.V.W/c1-2-3;;/h1-3H;;/q-1;;/p-1. The van der Waals surface area contributed by atoms with E-state index in [1.807, 2.05) is 0 Å². The second-order valence-corrected chi connectivity index (χ2v) is 0.408. The van der Waals surface area contributed by atoms with Gasteiger partial charge in [-0.15, -0.1) is 0 Å². The van der Waals surface area contributed by atoms with Gasteiger partial charge >= 0.3 is 30.9 Å². The van der Waals surface area contributed by atoms with Crippen LogP contribution < -0.4 is 0 Å². The molecule has 0 aliphatic heterocycles. The van der Waals surface area contributed by atoms with Crippen molar-refractivity contribution in [2.45, 2.75) is 0 Å². The van der Waals surface area contributed by atoms with Gasteiger partial charge in [0.25, 0.3) is 0 Å². The fourth-order valence-corrected chi connectivity index (χ4v) is 0. The van der Waals surface area contributed by atoms with Crippen molar-refractivity contribution >= 4 is 12.6 Å².